The van der Waals surface area contributed by atoms with E-state index in [0.717, 1.165) is 25.9 Å². The van der Waals surface area contributed by atoms with Crippen molar-refractivity contribution in [3.05, 3.63) is 29.3 Å². The van der Waals surface area contributed by atoms with Crippen LogP contribution < -0.4 is 14.9 Å². The molecule has 0 unspecified atom stereocenters. The third kappa shape index (κ3) is 5.18. The number of carbonyl (C=O) groups is 1. The molecule has 0 spiro atoms. The van der Waals surface area contributed by atoms with Gasteiger partial charge in [-0.1, -0.05) is 23.7 Å². The molecule has 0 radical (unpaired) electrons. The van der Waals surface area contributed by atoms with Crippen molar-refractivity contribution in [3.63, 3.8) is 0 Å². The number of aromatic amines is 1. The van der Waals surface area contributed by atoms with Gasteiger partial charge in [-0.3, -0.25) is 10.1 Å². The highest BCUT2D eigenvalue weighted by atomic mass is 35.5. The predicted octanol–water partition coefficient (Wildman–Crippen LogP) is 1.76. The highest BCUT2D eigenvalue weighted by Crippen LogP contribution is 2.20. The summed E-state index contributed by atoms with van der Waals surface area (Å²) in [5.41, 5.74) is 0. The Morgan fingerprint density at radius 1 is 1.22 bits per heavy atom. The van der Waals surface area contributed by atoms with Crippen LogP contribution in [0.5, 0.6) is 0 Å². The number of hydrogen-bond acceptors (Lipinski definition) is 6. The van der Waals surface area contributed by atoms with Crippen LogP contribution in [0.2, 0.25) is 5.02 Å². The molecule has 1 amide bonds. The van der Waals surface area contributed by atoms with Gasteiger partial charge in [0.25, 0.3) is 0 Å². The Morgan fingerprint density at radius 3 is 2.70 bits per heavy atom. The molecule has 1 aliphatic rings. The first-order valence-electron chi connectivity index (χ1n) is 8.67. The third-order valence-corrected chi connectivity index (χ3v) is 6.10. The number of piperidine rings is 1. The summed E-state index contributed by atoms with van der Waals surface area (Å²) in [6.07, 6.45) is 3.35. The van der Waals surface area contributed by atoms with Crippen LogP contribution in [0, 0.1) is 0 Å². The Kier molecular flexibility index (Phi) is 6.30. The van der Waals surface area contributed by atoms with Gasteiger partial charge in [0.05, 0.1) is 5.02 Å². The summed E-state index contributed by atoms with van der Waals surface area (Å²) in [4.78, 5) is 18.3. The number of rotatable bonds is 7. The Bertz CT molecular complexity index is 895. The van der Waals surface area contributed by atoms with E-state index >= 15 is 0 Å². The van der Waals surface area contributed by atoms with E-state index in [1.165, 1.54) is 18.6 Å². The van der Waals surface area contributed by atoms with Crippen molar-refractivity contribution in [3.8, 4) is 0 Å². The standard InChI is InChI=1S/C16H21ClN6O3S/c17-12-6-2-3-7-13(12)27(25,26)18-9-8-14(24)19-15-20-16(22-21-15)23-10-4-1-5-11-23/h2-3,6-7,18H,1,4-5,8-11H2,(H2,19,20,21,22,24). The number of sulfonamides is 1. The van der Waals surface area contributed by atoms with Crippen LogP contribution in [0.25, 0.3) is 0 Å². The average Bonchev–Trinajstić information content (AvgIpc) is 3.11. The SMILES string of the molecule is O=C(CCNS(=O)(=O)c1ccccc1Cl)Nc1nc(N2CCCCC2)n[nH]1. The number of amides is 1. The molecule has 0 saturated carbocycles. The summed E-state index contributed by atoms with van der Waals surface area (Å²) in [6, 6.07) is 6.12. The zero-order valence-corrected chi connectivity index (χ0v) is 16.2. The third-order valence-electron chi connectivity index (χ3n) is 4.14. The number of carbonyl (C=O) groups excluding carboxylic acids is 1. The molecule has 0 atom stereocenters. The summed E-state index contributed by atoms with van der Waals surface area (Å²) in [5, 5.41) is 9.50. The number of aromatic nitrogens is 3. The van der Waals surface area contributed by atoms with Crippen molar-refractivity contribution in [1.82, 2.24) is 19.9 Å². The average molecular weight is 413 g/mol. The number of benzene rings is 1. The van der Waals surface area contributed by atoms with E-state index in [1.807, 2.05) is 0 Å². The molecule has 0 aliphatic carbocycles. The van der Waals surface area contributed by atoms with Crippen molar-refractivity contribution in [1.29, 1.82) is 0 Å². The summed E-state index contributed by atoms with van der Waals surface area (Å²) in [6.45, 7) is 1.73. The normalized spacial score (nSPS) is 14.9. The van der Waals surface area contributed by atoms with E-state index in [4.69, 9.17) is 11.6 Å². The molecule has 1 saturated heterocycles. The van der Waals surface area contributed by atoms with Crippen LogP contribution in [0.4, 0.5) is 11.9 Å². The maximum absolute atomic E-state index is 12.2. The van der Waals surface area contributed by atoms with Gasteiger partial charge in [0, 0.05) is 26.1 Å². The summed E-state index contributed by atoms with van der Waals surface area (Å²) < 4.78 is 26.8. The first-order chi connectivity index (χ1) is 13.0. The summed E-state index contributed by atoms with van der Waals surface area (Å²) in [5.74, 6) is 0.428. The van der Waals surface area contributed by atoms with Gasteiger partial charge in [0.15, 0.2) is 0 Å². The second kappa shape index (κ2) is 8.68. The van der Waals surface area contributed by atoms with Crippen molar-refractivity contribution in [2.24, 2.45) is 0 Å². The maximum Gasteiger partial charge on any atom is 0.246 e. The van der Waals surface area contributed by atoms with Gasteiger partial charge in [-0.25, -0.2) is 18.2 Å². The lowest BCUT2D eigenvalue weighted by Gasteiger charge is -2.24. The van der Waals surface area contributed by atoms with Gasteiger partial charge in [0.1, 0.15) is 4.90 Å². The highest BCUT2D eigenvalue weighted by Gasteiger charge is 2.18. The largest absolute Gasteiger partial charge is 0.340 e. The number of H-pyrrole nitrogens is 1. The molecule has 1 fully saturated rings. The van der Waals surface area contributed by atoms with E-state index < -0.39 is 10.0 Å². The Hall–Kier alpha value is -2.17. The van der Waals surface area contributed by atoms with E-state index in [0.29, 0.717) is 5.95 Å². The first kappa shape index (κ1) is 19.6. The van der Waals surface area contributed by atoms with Crippen LogP contribution >= 0.6 is 11.6 Å². The monoisotopic (exact) mass is 412 g/mol. The van der Waals surface area contributed by atoms with Crippen LogP contribution in [0.1, 0.15) is 25.7 Å². The molecule has 27 heavy (non-hydrogen) atoms. The molecule has 146 valence electrons. The molecule has 1 aromatic heterocycles. The van der Waals surface area contributed by atoms with Crippen LogP contribution in [0.3, 0.4) is 0 Å². The fraction of sp³-hybridized carbons (Fsp3) is 0.438. The molecule has 0 bridgehead atoms. The summed E-state index contributed by atoms with van der Waals surface area (Å²) >= 11 is 5.90. The van der Waals surface area contributed by atoms with Gasteiger partial charge in [-0.2, -0.15) is 4.98 Å². The number of nitrogens with zero attached hydrogens (tertiary/aromatic N) is 3. The molecule has 1 aromatic carbocycles. The molecule has 1 aliphatic heterocycles. The Labute approximate surface area is 162 Å². The molecule has 3 N–H and O–H groups in total. The fourth-order valence-electron chi connectivity index (χ4n) is 2.78. The molecular formula is C16H21ClN6O3S. The second-order valence-electron chi connectivity index (χ2n) is 6.16. The molecule has 11 heteroatoms. The minimum atomic E-state index is -3.77. The quantitative estimate of drug-likeness (QED) is 0.637. The number of hydrogen-bond donors (Lipinski definition) is 3. The van der Waals surface area contributed by atoms with Crippen molar-refractivity contribution < 1.29 is 13.2 Å². The van der Waals surface area contributed by atoms with E-state index in [-0.39, 0.29) is 34.7 Å². The van der Waals surface area contributed by atoms with Crippen LogP contribution in [0.15, 0.2) is 29.2 Å². The zero-order chi connectivity index (χ0) is 19.3. The molecule has 2 aromatic rings. The lowest BCUT2D eigenvalue weighted by atomic mass is 10.1. The molecular weight excluding hydrogens is 392 g/mol. The van der Waals surface area contributed by atoms with E-state index in [2.05, 4.69) is 30.1 Å². The molecule has 2 heterocycles. The lowest BCUT2D eigenvalue weighted by Crippen LogP contribution is -2.30. The maximum atomic E-state index is 12.2. The van der Waals surface area contributed by atoms with Gasteiger partial charge in [-0.15, -0.1) is 5.10 Å². The second-order valence-corrected chi connectivity index (χ2v) is 8.30. The smallest absolute Gasteiger partial charge is 0.246 e. The van der Waals surface area contributed by atoms with Crippen LogP contribution in [-0.2, 0) is 14.8 Å². The number of anilines is 2. The first-order valence-corrected chi connectivity index (χ1v) is 10.5. The fourth-order valence-corrected chi connectivity index (χ4v) is 4.33. The van der Waals surface area contributed by atoms with Gasteiger partial charge in [0.2, 0.25) is 27.8 Å². The Morgan fingerprint density at radius 2 is 1.96 bits per heavy atom. The molecule has 9 nitrogen and oxygen atoms in total. The minimum absolute atomic E-state index is 0.0199. The van der Waals surface area contributed by atoms with Crippen molar-refractivity contribution in [2.45, 2.75) is 30.6 Å². The van der Waals surface area contributed by atoms with Gasteiger partial charge < -0.3 is 4.90 Å². The van der Waals surface area contributed by atoms with Crippen molar-refractivity contribution >= 4 is 39.4 Å². The summed E-state index contributed by atoms with van der Waals surface area (Å²) in [7, 11) is -3.77. The predicted molar refractivity (Wildman–Crippen MR) is 102 cm³/mol. The van der Waals surface area contributed by atoms with Gasteiger partial charge in [-0.05, 0) is 31.4 Å². The van der Waals surface area contributed by atoms with Gasteiger partial charge >= 0.3 is 0 Å². The van der Waals surface area contributed by atoms with Crippen LogP contribution in [-0.4, -0.2) is 49.1 Å². The van der Waals surface area contributed by atoms with Crippen molar-refractivity contribution in [2.75, 3.05) is 29.9 Å². The lowest BCUT2D eigenvalue weighted by molar-refractivity contribution is -0.116. The topological polar surface area (TPSA) is 120 Å². The zero-order valence-electron chi connectivity index (χ0n) is 14.6. The minimum Gasteiger partial charge on any atom is -0.340 e. The van der Waals surface area contributed by atoms with E-state index in [9.17, 15) is 13.2 Å². The Balaban J connectivity index is 1.49. The number of nitrogens with one attached hydrogen (secondary N) is 3. The number of halogens is 1. The van der Waals surface area contributed by atoms with E-state index in [1.54, 1.807) is 12.1 Å². The molecule has 3 rings (SSSR count). The highest BCUT2D eigenvalue weighted by molar-refractivity contribution is 7.89.